The van der Waals surface area contributed by atoms with Gasteiger partial charge in [-0.1, -0.05) is 78.9 Å². The summed E-state index contributed by atoms with van der Waals surface area (Å²) in [5.74, 6) is 1.61. The highest BCUT2D eigenvalue weighted by molar-refractivity contribution is 6.24. The Morgan fingerprint density at radius 1 is 0.462 bits per heavy atom. The maximum atomic E-state index is 9.46. The van der Waals surface area contributed by atoms with E-state index < -0.39 is 0 Å². The Balaban J connectivity index is 1.23. The molecule has 0 saturated carbocycles. The third-order valence-corrected chi connectivity index (χ3v) is 9.87. The lowest BCUT2D eigenvalue weighted by atomic mass is 9.92. The highest BCUT2D eigenvalue weighted by atomic mass is 16.5. The van der Waals surface area contributed by atoms with Crippen LogP contribution in [0.2, 0.25) is 0 Å². The van der Waals surface area contributed by atoms with E-state index in [1.807, 2.05) is 91.0 Å². The number of hydrogen-bond acceptors (Lipinski definition) is 6. The Hall–Kier alpha value is -7.54. The summed E-state index contributed by atoms with van der Waals surface area (Å²) >= 11 is 0. The monoisotopic (exact) mass is 663 g/mol. The van der Waals surface area contributed by atoms with Gasteiger partial charge in [0, 0.05) is 16.5 Å². The van der Waals surface area contributed by atoms with Crippen LogP contribution < -0.4 is 9.64 Å². The molecule has 0 N–H and O–H groups in total. The topological polar surface area (TPSA) is 85.8 Å². The molecular formula is C46H25N5O. The number of aromatic nitrogens is 2. The summed E-state index contributed by atoms with van der Waals surface area (Å²) in [6, 6.07) is 55.0. The van der Waals surface area contributed by atoms with Gasteiger partial charge in [0.1, 0.15) is 0 Å². The fraction of sp³-hybridized carbons (Fsp3) is 0. The van der Waals surface area contributed by atoms with E-state index in [9.17, 15) is 10.5 Å². The zero-order valence-electron chi connectivity index (χ0n) is 27.6. The molecule has 1 aromatic heterocycles. The third kappa shape index (κ3) is 4.56. The van der Waals surface area contributed by atoms with Gasteiger partial charge in [-0.2, -0.15) is 10.5 Å². The SMILES string of the molecule is N#Cc1ccc(-c2cc3nc4c5ccccc5c5cc(N6c7ccccc7Oc7ccccc76)ccc5c4nc3cc2-c2ccc(C#N)cc2)cc1. The van der Waals surface area contributed by atoms with Crippen molar-refractivity contribution in [2.75, 3.05) is 4.90 Å². The van der Waals surface area contributed by atoms with Crippen molar-refractivity contribution in [2.45, 2.75) is 0 Å². The fourth-order valence-electron chi connectivity index (χ4n) is 7.41. The molecule has 52 heavy (non-hydrogen) atoms. The number of nitriles is 2. The van der Waals surface area contributed by atoms with Crippen molar-refractivity contribution in [3.63, 3.8) is 0 Å². The first kappa shape index (κ1) is 29.4. The van der Waals surface area contributed by atoms with Crippen molar-refractivity contribution in [3.05, 3.63) is 163 Å². The predicted octanol–water partition coefficient (Wildman–Crippen LogP) is 11.7. The zero-order chi connectivity index (χ0) is 34.8. The lowest BCUT2D eigenvalue weighted by Gasteiger charge is -2.33. The van der Waals surface area contributed by atoms with Gasteiger partial charge in [-0.3, -0.25) is 0 Å². The molecule has 1 aliphatic rings. The molecule has 1 aliphatic heterocycles. The van der Waals surface area contributed by atoms with Crippen LogP contribution in [0, 0.1) is 22.7 Å². The molecule has 0 saturated heterocycles. The standard InChI is InChI=1S/C46H25N5O/c47-26-28-13-17-30(18-14-28)36-24-39-40(25-37(36)31-19-15-29(27-48)16-20-31)50-46-35-22-21-32(23-38(35)33-7-1-2-8-34(33)45(46)49-39)51-41-9-3-5-11-43(41)52-44-12-6-4-10-42(44)51/h1-25H. The summed E-state index contributed by atoms with van der Waals surface area (Å²) in [7, 11) is 0. The van der Waals surface area contributed by atoms with Crippen LogP contribution in [0.15, 0.2) is 152 Å². The fourth-order valence-corrected chi connectivity index (χ4v) is 7.41. The summed E-state index contributed by atoms with van der Waals surface area (Å²) in [6.45, 7) is 0. The summed E-state index contributed by atoms with van der Waals surface area (Å²) in [5.41, 5.74) is 11.2. The van der Waals surface area contributed by atoms with Gasteiger partial charge < -0.3 is 9.64 Å². The van der Waals surface area contributed by atoms with Gasteiger partial charge in [-0.05, 0) is 106 Å². The molecule has 6 heteroatoms. The van der Waals surface area contributed by atoms with Crippen molar-refractivity contribution < 1.29 is 4.74 Å². The number of ether oxygens (including phenoxy) is 1. The van der Waals surface area contributed by atoms with Gasteiger partial charge >= 0.3 is 0 Å². The van der Waals surface area contributed by atoms with Crippen molar-refractivity contribution in [1.82, 2.24) is 9.97 Å². The highest BCUT2D eigenvalue weighted by Gasteiger charge is 2.26. The normalized spacial score (nSPS) is 11.9. The van der Waals surface area contributed by atoms with Gasteiger partial charge in [0.05, 0.1) is 56.7 Å². The van der Waals surface area contributed by atoms with Crippen LogP contribution in [0.1, 0.15) is 11.1 Å². The molecule has 0 bridgehead atoms. The smallest absolute Gasteiger partial charge is 0.151 e. The Morgan fingerprint density at radius 3 is 1.48 bits per heavy atom. The van der Waals surface area contributed by atoms with Crippen LogP contribution in [0.5, 0.6) is 11.5 Å². The largest absolute Gasteiger partial charge is 0.453 e. The Morgan fingerprint density at radius 2 is 0.942 bits per heavy atom. The molecule has 240 valence electrons. The van der Waals surface area contributed by atoms with Crippen molar-refractivity contribution in [2.24, 2.45) is 0 Å². The number of rotatable bonds is 3. The number of hydrogen-bond donors (Lipinski definition) is 0. The molecule has 10 rings (SSSR count). The molecule has 0 aliphatic carbocycles. The summed E-state index contributed by atoms with van der Waals surface area (Å²) in [4.78, 5) is 12.9. The van der Waals surface area contributed by atoms with Crippen molar-refractivity contribution in [1.29, 1.82) is 10.5 Å². The quantitative estimate of drug-likeness (QED) is 0.138. The van der Waals surface area contributed by atoms with E-state index in [1.54, 1.807) is 0 Å². The minimum Gasteiger partial charge on any atom is -0.453 e. The van der Waals surface area contributed by atoms with Gasteiger partial charge in [-0.15, -0.1) is 0 Å². The number of nitrogens with zero attached hydrogens (tertiary/aromatic N) is 5. The van der Waals surface area contributed by atoms with E-state index in [-0.39, 0.29) is 0 Å². The van der Waals surface area contributed by atoms with Gasteiger partial charge in [0.15, 0.2) is 11.5 Å². The summed E-state index contributed by atoms with van der Waals surface area (Å²) in [6.07, 6.45) is 0. The van der Waals surface area contributed by atoms with Crippen LogP contribution in [0.25, 0.3) is 65.9 Å². The predicted molar refractivity (Wildman–Crippen MR) is 207 cm³/mol. The van der Waals surface area contributed by atoms with Gasteiger partial charge in [-0.25, -0.2) is 9.97 Å². The number of fused-ring (bicyclic) bond motifs is 9. The minimum atomic E-state index is 0.594. The Bertz CT molecular complexity index is 2970. The van der Waals surface area contributed by atoms with E-state index in [2.05, 4.69) is 77.7 Å². The first-order valence-corrected chi connectivity index (χ1v) is 16.9. The molecule has 0 amide bonds. The van der Waals surface area contributed by atoms with E-state index in [0.29, 0.717) is 11.1 Å². The van der Waals surface area contributed by atoms with E-state index >= 15 is 0 Å². The van der Waals surface area contributed by atoms with Crippen LogP contribution in [0.4, 0.5) is 17.1 Å². The first-order chi connectivity index (χ1) is 25.7. The van der Waals surface area contributed by atoms with Crippen LogP contribution in [0.3, 0.4) is 0 Å². The summed E-state index contributed by atoms with van der Waals surface area (Å²) in [5, 5.41) is 23.1. The maximum absolute atomic E-state index is 9.46. The average molecular weight is 664 g/mol. The maximum Gasteiger partial charge on any atom is 0.151 e. The molecular weight excluding hydrogens is 639 g/mol. The van der Waals surface area contributed by atoms with Gasteiger partial charge in [0.25, 0.3) is 0 Å². The molecule has 2 heterocycles. The summed E-state index contributed by atoms with van der Waals surface area (Å²) < 4.78 is 6.30. The third-order valence-electron chi connectivity index (χ3n) is 9.87. The highest BCUT2D eigenvalue weighted by Crippen LogP contribution is 2.51. The molecule has 0 radical (unpaired) electrons. The number of anilines is 3. The zero-order valence-corrected chi connectivity index (χ0v) is 27.6. The molecule has 0 unspecified atom stereocenters. The lowest BCUT2D eigenvalue weighted by molar-refractivity contribution is 0.477. The molecule has 9 aromatic rings. The Labute approximate surface area is 298 Å². The molecule has 0 atom stereocenters. The minimum absolute atomic E-state index is 0.594. The van der Waals surface area contributed by atoms with E-state index in [0.717, 1.165) is 94.4 Å². The van der Waals surface area contributed by atoms with Crippen molar-refractivity contribution >= 4 is 60.7 Å². The average Bonchev–Trinajstić information content (AvgIpc) is 3.21. The molecule has 6 nitrogen and oxygen atoms in total. The molecule has 0 spiro atoms. The number of benzene rings is 8. The van der Waals surface area contributed by atoms with E-state index in [4.69, 9.17) is 14.7 Å². The molecule has 0 fully saturated rings. The second-order valence-electron chi connectivity index (χ2n) is 12.8. The molecule has 8 aromatic carbocycles. The first-order valence-electron chi connectivity index (χ1n) is 16.9. The van der Waals surface area contributed by atoms with E-state index in [1.165, 1.54) is 0 Å². The van der Waals surface area contributed by atoms with Crippen LogP contribution in [-0.4, -0.2) is 9.97 Å². The lowest BCUT2D eigenvalue weighted by Crippen LogP contribution is -2.15. The second kappa shape index (κ2) is 11.5. The number of para-hydroxylation sites is 4. The van der Waals surface area contributed by atoms with Crippen LogP contribution in [-0.2, 0) is 0 Å². The Kier molecular flexibility index (Phi) is 6.51. The second-order valence-corrected chi connectivity index (χ2v) is 12.8. The van der Waals surface area contributed by atoms with Crippen LogP contribution >= 0.6 is 0 Å². The van der Waals surface area contributed by atoms with Crippen molar-refractivity contribution in [3.8, 4) is 45.9 Å². The van der Waals surface area contributed by atoms with Gasteiger partial charge in [0.2, 0.25) is 0 Å².